The summed E-state index contributed by atoms with van der Waals surface area (Å²) in [5.74, 6) is 2.87. The van der Waals surface area contributed by atoms with Gasteiger partial charge in [-0.25, -0.2) is 0 Å². The Balaban J connectivity index is 1.67. The Morgan fingerprint density at radius 1 is 0.469 bits per heavy atom. The Labute approximate surface area is 201 Å². The number of benzene rings is 1. The van der Waals surface area contributed by atoms with Gasteiger partial charge in [0.15, 0.2) is 0 Å². The summed E-state index contributed by atoms with van der Waals surface area (Å²) < 4.78 is 10.9. The zero-order valence-electron chi connectivity index (χ0n) is 20.4. The molecule has 4 fully saturated rings. The molecule has 4 aliphatic rings. The predicted octanol–water partition coefficient (Wildman–Crippen LogP) is 10.4. The van der Waals surface area contributed by atoms with Gasteiger partial charge in [-0.3, -0.25) is 0 Å². The Morgan fingerprint density at radius 2 is 0.781 bits per heavy atom. The van der Waals surface area contributed by atoms with Crippen molar-refractivity contribution in [1.29, 1.82) is 0 Å². The average Bonchev–Trinajstić information content (AvgIpc) is 2.89. The van der Waals surface area contributed by atoms with E-state index in [-0.39, 0.29) is 0 Å². The molecule has 0 saturated heterocycles. The van der Waals surface area contributed by atoms with Crippen molar-refractivity contribution in [3.05, 3.63) is 28.3 Å². The van der Waals surface area contributed by atoms with Crippen molar-refractivity contribution < 1.29 is 4.55 Å². The minimum absolute atomic E-state index is 0.693. The van der Waals surface area contributed by atoms with Crippen LogP contribution in [0.4, 0.5) is 0 Å². The van der Waals surface area contributed by atoms with Crippen LogP contribution >= 0.6 is 12.0 Å². The van der Waals surface area contributed by atoms with Gasteiger partial charge in [0.2, 0.25) is 0 Å². The molecule has 0 atom stereocenters. The van der Waals surface area contributed by atoms with Crippen molar-refractivity contribution in [1.82, 2.24) is 0 Å². The summed E-state index contributed by atoms with van der Waals surface area (Å²) in [5, 5.41) is 0. The first-order valence-electron chi connectivity index (χ1n) is 14.4. The second-order valence-corrected chi connectivity index (χ2v) is 12.2. The van der Waals surface area contributed by atoms with E-state index >= 15 is 0 Å². The van der Waals surface area contributed by atoms with Crippen molar-refractivity contribution in [2.24, 2.45) is 0 Å². The molecule has 178 valence electrons. The highest BCUT2D eigenvalue weighted by Crippen LogP contribution is 2.52. The van der Waals surface area contributed by atoms with Gasteiger partial charge < -0.3 is 4.55 Å². The standard InChI is InChI=1S/C30H46OS/c31-32-30-28(24-17-9-3-10-18-24)26(22-13-5-1-6-14-22)21-27(23-15-7-2-8-16-23)29(30)25-19-11-4-12-20-25/h21-25,31H,1-20H2. The van der Waals surface area contributed by atoms with E-state index in [1.165, 1.54) is 145 Å². The molecule has 32 heavy (non-hydrogen) atoms. The minimum Gasteiger partial charge on any atom is -0.325 e. The van der Waals surface area contributed by atoms with Crippen LogP contribution in [0, 0.1) is 0 Å². The van der Waals surface area contributed by atoms with Crippen LogP contribution in [0.15, 0.2) is 11.0 Å². The summed E-state index contributed by atoms with van der Waals surface area (Å²) in [5.41, 5.74) is 6.69. The number of hydrogen-bond acceptors (Lipinski definition) is 2. The van der Waals surface area contributed by atoms with Crippen LogP contribution in [0.25, 0.3) is 0 Å². The highest BCUT2D eigenvalue weighted by Gasteiger charge is 2.34. The predicted molar refractivity (Wildman–Crippen MR) is 138 cm³/mol. The molecule has 1 N–H and O–H groups in total. The van der Waals surface area contributed by atoms with Crippen molar-refractivity contribution in [2.45, 2.75) is 157 Å². The second kappa shape index (κ2) is 11.3. The van der Waals surface area contributed by atoms with Gasteiger partial charge in [0.25, 0.3) is 0 Å². The van der Waals surface area contributed by atoms with Gasteiger partial charge in [0.05, 0.1) is 0 Å². The molecule has 0 aromatic heterocycles. The highest BCUT2D eigenvalue weighted by atomic mass is 32.2. The Hall–Kier alpha value is -0.470. The van der Waals surface area contributed by atoms with Crippen LogP contribution < -0.4 is 0 Å². The molecule has 2 heteroatoms. The maximum absolute atomic E-state index is 10.9. The first kappa shape index (κ1) is 23.3. The van der Waals surface area contributed by atoms with E-state index in [1.54, 1.807) is 22.3 Å². The van der Waals surface area contributed by atoms with Gasteiger partial charge in [-0.05, 0) is 97.3 Å². The highest BCUT2D eigenvalue weighted by molar-refractivity contribution is 7.93. The monoisotopic (exact) mass is 454 g/mol. The van der Waals surface area contributed by atoms with Crippen LogP contribution in [0.5, 0.6) is 0 Å². The Kier molecular flexibility index (Phi) is 8.22. The molecule has 4 aliphatic carbocycles. The van der Waals surface area contributed by atoms with Gasteiger partial charge in [-0.2, -0.15) is 0 Å². The quantitative estimate of drug-likeness (QED) is 0.446. The SMILES string of the molecule is OSc1c(C2CCCCC2)c(C2CCCCC2)cc(C2CCCCC2)c1C1CCCCC1. The molecular formula is C30H46OS. The molecule has 0 heterocycles. The summed E-state index contributed by atoms with van der Waals surface area (Å²) in [6.07, 6.45) is 27.7. The van der Waals surface area contributed by atoms with E-state index in [4.69, 9.17) is 0 Å². The fourth-order valence-corrected chi connectivity index (χ4v) is 8.72. The molecule has 1 nitrogen and oxygen atoms in total. The maximum Gasteiger partial charge on any atom is 0.0426 e. The first-order chi connectivity index (χ1) is 15.9. The summed E-state index contributed by atoms with van der Waals surface area (Å²) in [6, 6.07) is 2.78. The van der Waals surface area contributed by atoms with Gasteiger partial charge in [-0.1, -0.05) is 83.1 Å². The van der Waals surface area contributed by atoms with E-state index < -0.39 is 0 Å². The molecule has 0 bridgehead atoms. The normalized spacial score (nSPS) is 25.3. The van der Waals surface area contributed by atoms with Crippen molar-refractivity contribution in [3.8, 4) is 0 Å². The lowest BCUT2D eigenvalue weighted by Gasteiger charge is -2.37. The lowest BCUT2D eigenvalue weighted by Crippen LogP contribution is -2.20. The van der Waals surface area contributed by atoms with Crippen molar-refractivity contribution in [3.63, 3.8) is 0 Å². The summed E-state index contributed by atoms with van der Waals surface area (Å²) >= 11 is 1.17. The molecule has 1 aromatic rings. The zero-order valence-corrected chi connectivity index (χ0v) is 21.2. The van der Waals surface area contributed by atoms with Crippen LogP contribution in [0.2, 0.25) is 0 Å². The summed E-state index contributed by atoms with van der Waals surface area (Å²) in [6.45, 7) is 0. The van der Waals surface area contributed by atoms with Crippen LogP contribution in [0.1, 0.15) is 174 Å². The van der Waals surface area contributed by atoms with Crippen LogP contribution in [-0.2, 0) is 0 Å². The van der Waals surface area contributed by atoms with E-state index in [0.717, 1.165) is 11.8 Å². The zero-order chi connectivity index (χ0) is 21.8. The summed E-state index contributed by atoms with van der Waals surface area (Å²) in [4.78, 5) is 1.37. The first-order valence-corrected chi connectivity index (χ1v) is 15.2. The summed E-state index contributed by atoms with van der Waals surface area (Å²) in [7, 11) is 0. The van der Waals surface area contributed by atoms with Gasteiger partial charge in [0.1, 0.15) is 0 Å². The van der Waals surface area contributed by atoms with Gasteiger partial charge >= 0.3 is 0 Å². The van der Waals surface area contributed by atoms with Crippen molar-refractivity contribution >= 4 is 12.0 Å². The van der Waals surface area contributed by atoms with Gasteiger partial charge in [-0.15, -0.1) is 0 Å². The van der Waals surface area contributed by atoms with E-state index in [2.05, 4.69) is 6.07 Å². The Bertz CT molecular complexity index is 673. The molecule has 5 rings (SSSR count). The Morgan fingerprint density at radius 3 is 1.09 bits per heavy atom. The van der Waals surface area contributed by atoms with Crippen molar-refractivity contribution in [2.75, 3.05) is 0 Å². The average molecular weight is 455 g/mol. The smallest absolute Gasteiger partial charge is 0.0426 e. The maximum atomic E-state index is 10.9. The molecule has 4 saturated carbocycles. The lowest BCUT2D eigenvalue weighted by atomic mass is 9.70. The number of hydrogen-bond donors (Lipinski definition) is 1. The third-order valence-corrected chi connectivity index (χ3v) is 10.3. The fraction of sp³-hybridized carbons (Fsp3) is 0.800. The number of rotatable bonds is 5. The minimum atomic E-state index is 0.693. The van der Waals surface area contributed by atoms with Crippen LogP contribution in [-0.4, -0.2) is 4.55 Å². The fourth-order valence-electron chi connectivity index (χ4n) is 7.96. The molecule has 0 spiro atoms. The van der Waals surface area contributed by atoms with E-state index in [1.807, 2.05) is 0 Å². The van der Waals surface area contributed by atoms with Crippen LogP contribution in [0.3, 0.4) is 0 Å². The van der Waals surface area contributed by atoms with E-state index in [0.29, 0.717) is 11.8 Å². The second-order valence-electron chi connectivity index (χ2n) is 11.6. The molecule has 0 unspecified atom stereocenters. The topological polar surface area (TPSA) is 20.2 Å². The molecule has 0 amide bonds. The largest absolute Gasteiger partial charge is 0.325 e. The van der Waals surface area contributed by atoms with Gasteiger partial charge in [0, 0.05) is 16.9 Å². The molecular weight excluding hydrogens is 408 g/mol. The lowest BCUT2D eigenvalue weighted by molar-refractivity contribution is 0.398. The van der Waals surface area contributed by atoms with E-state index in [9.17, 15) is 4.55 Å². The molecule has 0 aliphatic heterocycles. The third kappa shape index (κ3) is 4.97. The molecule has 1 aromatic carbocycles. The molecule has 0 radical (unpaired) electrons. The third-order valence-electron chi connectivity index (χ3n) is 9.63.